The van der Waals surface area contributed by atoms with E-state index in [4.69, 9.17) is 16.0 Å². The fourth-order valence-electron chi connectivity index (χ4n) is 1.88. The molecule has 0 aliphatic rings. The second-order valence-electron chi connectivity index (χ2n) is 4.54. The number of rotatable bonds is 6. The first-order valence-electron chi connectivity index (χ1n) is 6.61. The highest BCUT2D eigenvalue weighted by Crippen LogP contribution is 2.13. The highest BCUT2D eigenvalue weighted by molar-refractivity contribution is 7.80. The number of aromatic nitrogens is 3. The molecule has 1 aromatic carbocycles. The van der Waals surface area contributed by atoms with Crippen molar-refractivity contribution >= 4 is 28.2 Å². The maximum atomic E-state index is 10.8. The third kappa shape index (κ3) is 4.91. The van der Waals surface area contributed by atoms with Crippen LogP contribution in [0, 0.1) is 0 Å². The van der Waals surface area contributed by atoms with E-state index < -0.39 is 10.4 Å². The Morgan fingerprint density at radius 3 is 2.21 bits per heavy atom. The van der Waals surface area contributed by atoms with Crippen molar-refractivity contribution in [1.29, 1.82) is 0 Å². The lowest BCUT2D eigenvalue weighted by molar-refractivity contribution is -0.836. The second kappa shape index (κ2) is 7.72. The van der Waals surface area contributed by atoms with Gasteiger partial charge in [-0.25, -0.2) is 4.28 Å². The smallest absolute Gasteiger partial charge is 0.472 e. The molecule has 1 aromatic heterocycles. The van der Waals surface area contributed by atoms with Gasteiger partial charge in [0.25, 0.3) is 0 Å². The molecule has 11 nitrogen and oxygen atoms in total. The summed E-state index contributed by atoms with van der Waals surface area (Å²) in [6, 6.07) is 9.61. The third-order valence-corrected chi connectivity index (χ3v) is 3.23. The van der Waals surface area contributed by atoms with Gasteiger partial charge in [-0.05, 0) is 17.2 Å². The molecule has 0 radical (unpaired) electrons. The van der Waals surface area contributed by atoms with Gasteiger partial charge in [0.15, 0.2) is 0 Å². The molecule has 12 heteroatoms. The van der Waals surface area contributed by atoms with Crippen molar-refractivity contribution in [3.63, 3.8) is 0 Å². The van der Waals surface area contributed by atoms with Gasteiger partial charge in [0.1, 0.15) is 0 Å². The van der Waals surface area contributed by atoms with Crippen LogP contribution in [-0.4, -0.2) is 35.0 Å². The topological polar surface area (TPSA) is 179 Å². The van der Waals surface area contributed by atoms with E-state index in [-0.39, 0.29) is 23.3 Å². The highest BCUT2D eigenvalue weighted by Gasteiger charge is 2.24. The predicted molar refractivity (Wildman–Crippen MR) is 84.3 cm³/mol. The Morgan fingerprint density at radius 1 is 1.21 bits per heavy atom. The molecule has 2 aromatic rings. The number of nitrogens with zero attached hydrogens (tertiary/aromatic N) is 4. The highest BCUT2D eigenvalue weighted by atomic mass is 32.3. The summed E-state index contributed by atoms with van der Waals surface area (Å²) in [6.07, 6.45) is 0. The summed E-state index contributed by atoms with van der Waals surface area (Å²) in [7, 11) is -4.80. The zero-order valence-corrected chi connectivity index (χ0v) is 13.6. The van der Waals surface area contributed by atoms with Gasteiger partial charge in [-0.2, -0.15) is 8.42 Å². The largest absolute Gasteiger partial charge is 0.870 e. The van der Waals surface area contributed by atoms with Gasteiger partial charge in [-0.3, -0.25) is 4.55 Å². The number of hydrogen-bond acceptors (Lipinski definition) is 9. The van der Waals surface area contributed by atoms with Crippen molar-refractivity contribution in [2.45, 2.75) is 13.5 Å². The fraction of sp³-hybridized carbons (Fsp3) is 0.250. The zero-order valence-electron chi connectivity index (χ0n) is 12.8. The fourth-order valence-corrected chi connectivity index (χ4v) is 2.22. The maximum absolute atomic E-state index is 10.8. The number of anilines is 3. The summed E-state index contributed by atoms with van der Waals surface area (Å²) in [4.78, 5) is 9.71. The van der Waals surface area contributed by atoms with Crippen molar-refractivity contribution in [3.8, 4) is 0 Å². The van der Waals surface area contributed by atoms with Crippen LogP contribution in [0.4, 0.5) is 17.8 Å². The Hall–Kier alpha value is -2.70. The summed E-state index contributed by atoms with van der Waals surface area (Å²) in [5.74, 6) is -0.519. The number of benzene rings is 1. The number of nitrogens with two attached hydrogens (primary N) is 2. The van der Waals surface area contributed by atoms with E-state index in [0.29, 0.717) is 17.8 Å². The minimum atomic E-state index is -4.80. The van der Waals surface area contributed by atoms with Crippen molar-refractivity contribution in [2.24, 2.45) is 0 Å². The van der Waals surface area contributed by atoms with Gasteiger partial charge in [0, 0.05) is 13.1 Å². The van der Waals surface area contributed by atoms with E-state index >= 15 is 0 Å². The Balaban J connectivity index is 0.00000288. The van der Waals surface area contributed by atoms with Gasteiger partial charge in [0.05, 0.1) is 0 Å². The van der Waals surface area contributed by atoms with E-state index in [1.54, 1.807) is 4.90 Å². The van der Waals surface area contributed by atoms with Crippen molar-refractivity contribution < 1.29 is 27.5 Å². The van der Waals surface area contributed by atoms with Gasteiger partial charge < -0.3 is 21.8 Å². The van der Waals surface area contributed by atoms with Crippen LogP contribution in [0.5, 0.6) is 0 Å². The Labute approximate surface area is 138 Å². The van der Waals surface area contributed by atoms with Crippen molar-refractivity contribution in [2.75, 3.05) is 22.9 Å². The molecule has 0 saturated carbocycles. The summed E-state index contributed by atoms with van der Waals surface area (Å²) in [5, 5.41) is 0. The normalized spacial score (nSPS) is 10.8. The predicted octanol–water partition coefficient (Wildman–Crippen LogP) is -0.990. The maximum Gasteiger partial charge on any atom is 0.472 e. The molecule has 0 aliphatic heterocycles. The van der Waals surface area contributed by atoms with E-state index in [0.717, 1.165) is 5.56 Å². The standard InChI is InChI=1S/C12H16N6O4S.H2O/c1-2-17(8-9-6-4-3-5-7-9)12-15-10(13)18(11(14)16-12)22-23(19,20)21;/h3-7H,2,8H2,1H3,(H4,13,14,15,16,19,20,21);1H2. The summed E-state index contributed by atoms with van der Waals surface area (Å²) < 4.78 is 34.8. The Bertz CT molecular complexity index is 763. The lowest BCUT2D eigenvalue weighted by Crippen LogP contribution is -2.51. The lowest BCUT2D eigenvalue weighted by atomic mass is 10.2. The van der Waals surface area contributed by atoms with Gasteiger partial charge in [-0.1, -0.05) is 40.3 Å². The van der Waals surface area contributed by atoms with E-state index in [2.05, 4.69) is 14.3 Å². The lowest BCUT2D eigenvalue weighted by Gasteiger charge is -2.18. The first-order chi connectivity index (χ1) is 10.8. The Kier molecular flexibility index (Phi) is 6.22. The van der Waals surface area contributed by atoms with Gasteiger partial charge >= 0.3 is 28.2 Å². The SMILES string of the molecule is CCN(Cc1ccccc1)c1nc(N)[n+](OS(=O)(=O)O)c(N)n1.[OH-]. The molecular formula is C12H18N6O5S. The molecule has 0 aliphatic carbocycles. The van der Waals surface area contributed by atoms with E-state index in [9.17, 15) is 8.42 Å². The molecule has 1 heterocycles. The van der Waals surface area contributed by atoms with Crippen molar-refractivity contribution in [3.05, 3.63) is 35.9 Å². The average Bonchev–Trinajstić information content (AvgIpc) is 2.48. The quantitative estimate of drug-likeness (QED) is 0.428. The first-order valence-corrected chi connectivity index (χ1v) is 7.98. The molecule has 6 N–H and O–H groups in total. The van der Waals surface area contributed by atoms with Crippen molar-refractivity contribution in [1.82, 2.24) is 9.97 Å². The van der Waals surface area contributed by atoms with E-state index in [1.807, 2.05) is 37.3 Å². The van der Waals surface area contributed by atoms with Crippen LogP contribution >= 0.6 is 0 Å². The average molecular weight is 358 g/mol. The third-order valence-electron chi connectivity index (χ3n) is 2.89. The minimum absolute atomic E-state index is 0. The molecule has 0 saturated heterocycles. The van der Waals surface area contributed by atoms with Crippen LogP contribution in [0.25, 0.3) is 0 Å². The first kappa shape index (κ1) is 19.3. The molecule has 24 heavy (non-hydrogen) atoms. The van der Waals surface area contributed by atoms with Gasteiger partial charge in [0.2, 0.25) is 0 Å². The molecule has 132 valence electrons. The number of hydrogen-bond donors (Lipinski definition) is 3. The zero-order chi connectivity index (χ0) is 17.0. The molecule has 0 amide bonds. The summed E-state index contributed by atoms with van der Waals surface area (Å²) in [6.45, 7) is 2.98. The van der Waals surface area contributed by atoms with Crippen LogP contribution < -0.4 is 25.4 Å². The van der Waals surface area contributed by atoms with Crippen LogP contribution in [-0.2, 0) is 16.9 Å². The van der Waals surface area contributed by atoms with Crippen LogP contribution in [0.15, 0.2) is 30.3 Å². The molecule has 0 bridgehead atoms. The second-order valence-corrected chi connectivity index (χ2v) is 5.54. The molecule has 0 fully saturated rings. The summed E-state index contributed by atoms with van der Waals surface area (Å²) >= 11 is 0. The molecular weight excluding hydrogens is 340 g/mol. The molecule has 0 atom stereocenters. The molecule has 0 unspecified atom stereocenters. The molecule has 0 spiro atoms. The molecule has 2 rings (SSSR count). The Morgan fingerprint density at radius 2 is 1.75 bits per heavy atom. The van der Waals surface area contributed by atoms with E-state index in [1.165, 1.54) is 0 Å². The van der Waals surface area contributed by atoms with Gasteiger partial charge in [-0.15, -0.1) is 0 Å². The summed E-state index contributed by atoms with van der Waals surface area (Å²) in [5.41, 5.74) is 12.3. The van der Waals surface area contributed by atoms with Crippen LogP contribution in [0.2, 0.25) is 0 Å². The number of nitrogen functional groups attached to an aromatic ring is 2. The monoisotopic (exact) mass is 358 g/mol. The van der Waals surface area contributed by atoms with Crippen LogP contribution in [0.3, 0.4) is 0 Å². The minimum Gasteiger partial charge on any atom is -0.870 e. The van der Waals surface area contributed by atoms with Crippen LogP contribution in [0.1, 0.15) is 12.5 Å².